The quantitative estimate of drug-likeness (QED) is 0.778. The Hall–Kier alpha value is -1.86. The van der Waals surface area contributed by atoms with E-state index in [0.29, 0.717) is 18.6 Å². The van der Waals surface area contributed by atoms with Crippen LogP contribution in [-0.4, -0.2) is 20.0 Å². The van der Waals surface area contributed by atoms with Crippen LogP contribution < -0.4 is 5.73 Å². The normalized spacial score (nSPS) is 11.2. The van der Waals surface area contributed by atoms with E-state index in [1.165, 1.54) is 23.5 Å². The lowest BCUT2D eigenvalue weighted by Crippen LogP contribution is -1.99. The lowest BCUT2D eigenvalue weighted by Gasteiger charge is -1.93. The molecule has 3 rings (SSSR count). The number of thiazole rings is 1. The fourth-order valence-electron chi connectivity index (χ4n) is 1.66. The summed E-state index contributed by atoms with van der Waals surface area (Å²) in [5.41, 5.74) is 6.88. The Morgan fingerprint density at radius 2 is 2.28 bits per heavy atom. The summed E-state index contributed by atoms with van der Waals surface area (Å²) in [7, 11) is 0. The molecule has 2 heterocycles. The highest BCUT2D eigenvalue weighted by molar-refractivity contribution is 7.18. The standard InChI is InChI=1S/C11H10FN5S/c12-7-1-2-10-9(3-7)14-11(18-10)6-17-5-8(4-13)15-16-17/h1-3,5H,4,6,13H2. The molecule has 0 saturated heterocycles. The molecule has 0 spiro atoms. The summed E-state index contributed by atoms with van der Waals surface area (Å²) in [6.07, 6.45) is 1.78. The second kappa shape index (κ2) is 4.43. The van der Waals surface area contributed by atoms with Crippen molar-refractivity contribution in [1.82, 2.24) is 20.0 Å². The van der Waals surface area contributed by atoms with Gasteiger partial charge in [0, 0.05) is 12.6 Å². The Kier molecular flexibility index (Phi) is 2.77. The topological polar surface area (TPSA) is 69.6 Å². The van der Waals surface area contributed by atoms with Gasteiger partial charge in [0.15, 0.2) is 0 Å². The number of fused-ring (bicyclic) bond motifs is 1. The van der Waals surface area contributed by atoms with Crippen LogP contribution in [0.4, 0.5) is 4.39 Å². The average Bonchev–Trinajstić information content (AvgIpc) is 2.95. The molecule has 3 aromatic rings. The third-order valence-corrected chi connectivity index (χ3v) is 3.51. The number of nitrogens with zero attached hydrogens (tertiary/aromatic N) is 4. The van der Waals surface area contributed by atoms with Crippen molar-refractivity contribution in [3.05, 3.63) is 40.9 Å². The molecule has 0 radical (unpaired) electrons. The summed E-state index contributed by atoms with van der Waals surface area (Å²) >= 11 is 1.52. The largest absolute Gasteiger partial charge is 0.325 e. The highest BCUT2D eigenvalue weighted by atomic mass is 32.1. The molecule has 0 saturated carbocycles. The van der Waals surface area contributed by atoms with E-state index in [2.05, 4.69) is 15.3 Å². The second-order valence-corrected chi connectivity index (χ2v) is 4.95. The maximum absolute atomic E-state index is 13.0. The molecule has 0 aliphatic carbocycles. The molecule has 18 heavy (non-hydrogen) atoms. The van der Waals surface area contributed by atoms with Gasteiger partial charge in [0.05, 0.1) is 28.7 Å². The summed E-state index contributed by atoms with van der Waals surface area (Å²) < 4.78 is 15.7. The third kappa shape index (κ3) is 2.09. The van der Waals surface area contributed by atoms with E-state index in [1.807, 2.05) is 0 Å². The van der Waals surface area contributed by atoms with E-state index < -0.39 is 0 Å². The van der Waals surface area contributed by atoms with Gasteiger partial charge in [-0.1, -0.05) is 5.21 Å². The van der Waals surface area contributed by atoms with Gasteiger partial charge in [-0.05, 0) is 12.1 Å². The number of hydrogen-bond donors (Lipinski definition) is 1. The van der Waals surface area contributed by atoms with Crippen molar-refractivity contribution in [3.8, 4) is 0 Å². The van der Waals surface area contributed by atoms with E-state index in [0.717, 1.165) is 15.4 Å². The predicted molar refractivity (Wildman–Crippen MR) is 66.6 cm³/mol. The number of halogens is 1. The van der Waals surface area contributed by atoms with E-state index in [-0.39, 0.29) is 5.82 Å². The van der Waals surface area contributed by atoms with Crippen LogP contribution in [0.1, 0.15) is 10.7 Å². The summed E-state index contributed by atoms with van der Waals surface area (Å²) in [4.78, 5) is 4.36. The zero-order valence-corrected chi connectivity index (χ0v) is 10.2. The fraction of sp³-hybridized carbons (Fsp3) is 0.182. The lowest BCUT2D eigenvalue weighted by molar-refractivity contribution is 0.629. The molecule has 0 aliphatic rings. The Morgan fingerprint density at radius 1 is 1.39 bits per heavy atom. The fourth-order valence-corrected chi connectivity index (χ4v) is 2.60. The molecule has 2 N–H and O–H groups in total. The minimum atomic E-state index is -0.273. The van der Waals surface area contributed by atoms with Crippen molar-refractivity contribution in [2.45, 2.75) is 13.1 Å². The van der Waals surface area contributed by atoms with Crippen molar-refractivity contribution in [1.29, 1.82) is 0 Å². The number of aromatic nitrogens is 4. The van der Waals surface area contributed by atoms with Crippen LogP contribution in [0.3, 0.4) is 0 Å². The zero-order chi connectivity index (χ0) is 12.5. The van der Waals surface area contributed by atoms with Gasteiger partial charge in [0.2, 0.25) is 0 Å². The van der Waals surface area contributed by atoms with Crippen molar-refractivity contribution in [2.24, 2.45) is 5.73 Å². The molecule has 0 bridgehead atoms. The molecule has 7 heteroatoms. The SMILES string of the molecule is NCc1cn(Cc2nc3cc(F)ccc3s2)nn1. The first-order valence-electron chi connectivity index (χ1n) is 5.38. The van der Waals surface area contributed by atoms with Gasteiger partial charge < -0.3 is 5.73 Å². The molecule has 0 amide bonds. The molecular formula is C11H10FN5S. The first-order valence-corrected chi connectivity index (χ1v) is 6.20. The molecule has 1 aromatic carbocycles. The summed E-state index contributed by atoms with van der Waals surface area (Å²) in [5.74, 6) is -0.273. The Balaban J connectivity index is 1.90. The van der Waals surface area contributed by atoms with Crippen LogP contribution >= 0.6 is 11.3 Å². The second-order valence-electron chi connectivity index (χ2n) is 3.83. The first kappa shape index (κ1) is 11.2. The number of nitrogens with two attached hydrogens (primary N) is 1. The van der Waals surface area contributed by atoms with Gasteiger partial charge >= 0.3 is 0 Å². The summed E-state index contributed by atoms with van der Waals surface area (Å²) in [6, 6.07) is 4.60. The predicted octanol–water partition coefficient (Wildman–Crippen LogP) is 1.53. The van der Waals surface area contributed by atoms with E-state index in [4.69, 9.17) is 5.73 Å². The lowest BCUT2D eigenvalue weighted by atomic mass is 10.3. The van der Waals surface area contributed by atoms with Gasteiger partial charge in [0.1, 0.15) is 10.8 Å². The third-order valence-electron chi connectivity index (χ3n) is 2.49. The molecular weight excluding hydrogens is 253 g/mol. The van der Waals surface area contributed by atoms with Gasteiger partial charge in [-0.2, -0.15) is 0 Å². The Labute approximate surface area is 106 Å². The Morgan fingerprint density at radius 3 is 3.06 bits per heavy atom. The van der Waals surface area contributed by atoms with Crippen LogP contribution in [0.2, 0.25) is 0 Å². The van der Waals surface area contributed by atoms with Crippen molar-refractivity contribution < 1.29 is 4.39 Å². The van der Waals surface area contributed by atoms with Crippen LogP contribution in [0.25, 0.3) is 10.2 Å². The zero-order valence-electron chi connectivity index (χ0n) is 9.38. The average molecular weight is 263 g/mol. The van der Waals surface area contributed by atoms with Crippen LogP contribution in [0, 0.1) is 5.82 Å². The Bertz CT molecular complexity index is 690. The molecule has 0 atom stereocenters. The van der Waals surface area contributed by atoms with Crippen molar-refractivity contribution >= 4 is 21.6 Å². The summed E-state index contributed by atoms with van der Waals surface area (Å²) in [5, 5.41) is 8.72. The molecule has 2 aromatic heterocycles. The van der Waals surface area contributed by atoms with E-state index in [9.17, 15) is 4.39 Å². The van der Waals surface area contributed by atoms with Crippen LogP contribution in [-0.2, 0) is 13.1 Å². The highest BCUT2D eigenvalue weighted by Crippen LogP contribution is 2.23. The molecule has 0 fully saturated rings. The number of rotatable bonds is 3. The van der Waals surface area contributed by atoms with E-state index >= 15 is 0 Å². The first-order chi connectivity index (χ1) is 8.74. The van der Waals surface area contributed by atoms with Crippen molar-refractivity contribution in [3.63, 3.8) is 0 Å². The molecule has 92 valence electrons. The van der Waals surface area contributed by atoms with Gasteiger partial charge in [0.25, 0.3) is 0 Å². The van der Waals surface area contributed by atoms with Crippen molar-refractivity contribution in [2.75, 3.05) is 0 Å². The summed E-state index contributed by atoms with van der Waals surface area (Å²) in [6.45, 7) is 0.888. The van der Waals surface area contributed by atoms with E-state index in [1.54, 1.807) is 16.9 Å². The monoisotopic (exact) mass is 263 g/mol. The minimum Gasteiger partial charge on any atom is -0.325 e. The van der Waals surface area contributed by atoms with Crippen LogP contribution in [0.5, 0.6) is 0 Å². The van der Waals surface area contributed by atoms with Gasteiger partial charge in [-0.3, -0.25) is 0 Å². The minimum absolute atomic E-state index is 0.273. The highest BCUT2D eigenvalue weighted by Gasteiger charge is 2.07. The van der Waals surface area contributed by atoms with Gasteiger partial charge in [-0.15, -0.1) is 16.4 Å². The number of hydrogen-bond acceptors (Lipinski definition) is 5. The maximum atomic E-state index is 13.0. The smallest absolute Gasteiger partial charge is 0.125 e. The maximum Gasteiger partial charge on any atom is 0.125 e. The molecule has 0 unspecified atom stereocenters. The molecule has 0 aliphatic heterocycles. The van der Waals surface area contributed by atoms with Crippen LogP contribution in [0.15, 0.2) is 24.4 Å². The van der Waals surface area contributed by atoms with Gasteiger partial charge in [-0.25, -0.2) is 14.1 Å². The molecule has 5 nitrogen and oxygen atoms in total. The number of benzene rings is 1.